The van der Waals surface area contributed by atoms with Crippen molar-refractivity contribution in [2.75, 3.05) is 0 Å². The topological polar surface area (TPSA) is 48.4 Å². The SMILES string of the molecule is NC(c1cccc(OC2CC2)c1)c1coc2ccccc12. The van der Waals surface area contributed by atoms with Crippen LogP contribution in [0.4, 0.5) is 0 Å². The number of hydrogen-bond acceptors (Lipinski definition) is 3. The number of benzene rings is 2. The fourth-order valence-electron chi connectivity index (χ4n) is 2.58. The van der Waals surface area contributed by atoms with Crippen molar-refractivity contribution >= 4 is 11.0 Å². The maximum Gasteiger partial charge on any atom is 0.134 e. The largest absolute Gasteiger partial charge is 0.490 e. The molecule has 1 aliphatic rings. The van der Waals surface area contributed by atoms with Crippen LogP contribution in [0.3, 0.4) is 0 Å². The molecule has 1 aromatic heterocycles. The van der Waals surface area contributed by atoms with Crippen molar-refractivity contribution in [3.8, 4) is 5.75 Å². The fraction of sp³-hybridized carbons (Fsp3) is 0.222. The van der Waals surface area contributed by atoms with Gasteiger partial charge >= 0.3 is 0 Å². The average Bonchev–Trinajstić information content (AvgIpc) is 3.23. The van der Waals surface area contributed by atoms with Crippen LogP contribution in [-0.2, 0) is 0 Å². The number of rotatable bonds is 4. The molecule has 1 fully saturated rings. The Kier molecular flexibility index (Phi) is 2.93. The van der Waals surface area contributed by atoms with Gasteiger partial charge in [-0.1, -0.05) is 30.3 Å². The van der Waals surface area contributed by atoms with E-state index in [1.165, 1.54) is 0 Å². The van der Waals surface area contributed by atoms with E-state index in [4.69, 9.17) is 14.9 Å². The van der Waals surface area contributed by atoms with Crippen LogP contribution >= 0.6 is 0 Å². The molecule has 3 aromatic rings. The Morgan fingerprint density at radius 2 is 1.95 bits per heavy atom. The Morgan fingerprint density at radius 1 is 1.10 bits per heavy atom. The summed E-state index contributed by atoms with van der Waals surface area (Å²) < 4.78 is 11.4. The normalized spacial score (nSPS) is 16.0. The third-order valence-electron chi connectivity index (χ3n) is 3.89. The highest BCUT2D eigenvalue weighted by molar-refractivity contribution is 5.81. The molecule has 1 atom stereocenters. The molecule has 0 spiro atoms. The van der Waals surface area contributed by atoms with Crippen LogP contribution in [0, 0.1) is 0 Å². The van der Waals surface area contributed by atoms with Gasteiger partial charge in [0.05, 0.1) is 18.4 Å². The Bertz CT molecular complexity index is 773. The summed E-state index contributed by atoms with van der Waals surface area (Å²) in [6.45, 7) is 0. The number of nitrogens with two attached hydrogens (primary N) is 1. The van der Waals surface area contributed by atoms with Gasteiger partial charge in [0.25, 0.3) is 0 Å². The van der Waals surface area contributed by atoms with Gasteiger partial charge in [-0.15, -0.1) is 0 Å². The third kappa shape index (κ3) is 2.41. The van der Waals surface area contributed by atoms with Crippen molar-refractivity contribution < 1.29 is 9.15 Å². The quantitative estimate of drug-likeness (QED) is 0.784. The standard InChI is InChI=1S/C18H17NO2/c19-18(16-11-20-17-7-2-1-6-15(16)17)12-4-3-5-14(10-12)21-13-8-9-13/h1-7,10-11,13,18H,8-9,19H2. The maximum atomic E-state index is 6.43. The Morgan fingerprint density at radius 3 is 2.81 bits per heavy atom. The predicted molar refractivity (Wildman–Crippen MR) is 82.3 cm³/mol. The first-order valence-corrected chi connectivity index (χ1v) is 7.29. The number of hydrogen-bond donors (Lipinski definition) is 1. The molecule has 1 aliphatic carbocycles. The van der Waals surface area contributed by atoms with E-state index in [-0.39, 0.29) is 6.04 Å². The van der Waals surface area contributed by atoms with E-state index in [1.807, 2.05) is 48.5 Å². The first-order chi connectivity index (χ1) is 10.3. The Balaban J connectivity index is 1.68. The first kappa shape index (κ1) is 12.5. The first-order valence-electron chi connectivity index (χ1n) is 7.29. The van der Waals surface area contributed by atoms with E-state index in [2.05, 4.69) is 0 Å². The summed E-state index contributed by atoms with van der Waals surface area (Å²) in [6.07, 6.45) is 4.46. The molecule has 3 heteroatoms. The predicted octanol–water partition coefficient (Wildman–Crippen LogP) is 4.02. The molecular weight excluding hydrogens is 262 g/mol. The highest BCUT2D eigenvalue weighted by atomic mass is 16.5. The van der Waals surface area contributed by atoms with E-state index >= 15 is 0 Å². The molecule has 0 amide bonds. The minimum atomic E-state index is -0.212. The van der Waals surface area contributed by atoms with Crippen LogP contribution in [0.5, 0.6) is 5.75 Å². The molecule has 0 radical (unpaired) electrons. The van der Waals surface area contributed by atoms with Gasteiger partial charge in [0, 0.05) is 10.9 Å². The second-order valence-corrected chi connectivity index (χ2v) is 5.55. The van der Waals surface area contributed by atoms with Crippen LogP contribution in [0.1, 0.15) is 30.0 Å². The summed E-state index contributed by atoms with van der Waals surface area (Å²) in [4.78, 5) is 0. The Hall–Kier alpha value is -2.26. The minimum absolute atomic E-state index is 0.212. The van der Waals surface area contributed by atoms with Crippen LogP contribution in [0.2, 0.25) is 0 Å². The Labute approximate surface area is 123 Å². The van der Waals surface area contributed by atoms with Crippen LogP contribution < -0.4 is 10.5 Å². The van der Waals surface area contributed by atoms with Gasteiger partial charge in [0.15, 0.2) is 0 Å². The molecule has 2 aromatic carbocycles. The second-order valence-electron chi connectivity index (χ2n) is 5.55. The summed E-state index contributed by atoms with van der Waals surface area (Å²) in [6, 6.07) is 15.8. The van der Waals surface area contributed by atoms with Gasteiger partial charge in [-0.2, -0.15) is 0 Å². The summed E-state index contributed by atoms with van der Waals surface area (Å²) in [5.41, 5.74) is 9.35. The van der Waals surface area contributed by atoms with Crippen molar-refractivity contribution in [3.05, 3.63) is 65.9 Å². The van der Waals surface area contributed by atoms with Gasteiger partial charge in [-0.25, -0.2) is 0 Å². The maximum absolute atomic E-state index is 6.43. The van der Waals surface area contributed by atoms with Crippen molar-refractivity contribution in [2.24, 2.45) is 5.73 Å². The molecule has 0 aliphatic heterocycles. The minimum Gasteiger partial charge on any atom is -0.490 e. The second kappa shape index (κ2) is 4.93. The number of ether oxygens (including phenoxy) is 1. The van der Waals surface area contributed by atoms with Gasteiger partial charge < -0.3 is 14.9 Å². The lowest BCUT2D eigenvalue weighted by Gasteiger charge is -2.13. The number of para-hydroxylation sites is 1. The van der Waals surface area contributed by atoms with E-state index < -0.39 is 0 Å². The fourth-order valence-corrected chi connectivity index (χ4v) is 2.58. The monoisotopic (exact) mass is 279 g/mol. The van der Waals surface area contributed by atoms with Gasteiger partial charge in [0.1, 0.15) is 11.3 Å². The zero-order valence-corrected chi connectivity index (χ0v) is 11.7. The molecule has 1 unspecified atom stereocenters. The lowest BCUT2D eigenvalue weighted by atomic mass is 9.99. The number of furan rings is 1. The van der Waals surface area contributed by atoms with Crippen LogP contribution in [0.25, 0.3) is 11.0 Å². The van der Waals surface area contributed by atoms with Crippen molar-refractivity contribution in [3.63, 3.8) is 0 Å². The van der Waals surface area contributed by atoms with E-state index in [0.29, 0.717) is 6.10 Å². The molecule has 0 bridgehead atoms. The van der Waals surface area contributed by atoms with Crippen LogP contribution in [0.15, 0.2) is 59.2 Å². The highest BCUT2D eigenvalue weighted by Gasteiger charge is 2.24. The molecule has 106 valence electrons. The molecule has 1 heterocycles. The molecule has 2 N–H and O–H groups in total. The molecule has 3 nitrogen and oxygen atoms in total. The van der Waals surface area contributed by atoms with E-state index in [1.54, 1.807) is 6.26 Å². The molecule has 21 heavy (non-hydrogen) atoms. The summed E-state index contributed by atoms with van der Waals surface area (Å²) in [5.74, 6) is 0.901. The summed E-state index contributed by atoms with van der Waals surface area (Å²) >= 11 is 0. The van der Waals surface area contributed by atoms with E-state index in [9.17, 15) is 0 Å². The van der Waals surface area contributed by atoms with Crippen molar-refractivity contribution in [2.45, 2.75) is 25.0 Å². The zero-order chi connectivity index (χ0) is 14.2. The molecular formula is C18H17NO2. The summed E-state index contributed by atoms with van der Waals surface area (Å²) in [5, 5.41) is 1.07. The smallest absolute Gasteiger partial charge is 0.134 e. The zero-order valence-electron chi connectivity index (χ0n) is 11.7. The van der Waals surface area contributed by atoms with Crippen molar-refractivity contribution in [1.82, 2.24) is 0 Å². The summed E-state index contributed by atoms with van der Waals surface area (Å²) in [7, 11) is 0. The highest BCUT2D eigenvalue weighted by Crippen LogP contribution is 2.32. The van der Waals surface area contributed by atoms with Gasteiger partial charge in [-0.05, 0) is 36.6 Å². The third-order valence-corrected chi connectivity index (χ3v) is 3.89. The van der Waals surface area contributed by atoms with Gasteiger partial charge in [-0.3, -0.25) is 0 Å². The lowest BCUT2D eigenvalue weighted by molar-refractivity contribution is 0.303. The average molecular weight is 279 g/mol. The molecule has 4 rings (SSSR count). The lowest BCUT2D eigenvalue weighted by Crippen LogP contribution is -2.11. The van der Waals surface area contributed by atoms with Crippen LogP contribution in [-0.4, -0.2) is 6.10 Å². The number of fused-ring (bicyclic) bond motifs is 1. The van der Waals surface area contributed by atoms with E-state index in [0.717, 1.165) is 40.7 Å². The van der Waals surface area contributed by atoms with Gasteiger partial charge in [0.2, 0.25) is 0 Å². The molecule has 1 saturated carbocycles. The molecule has 0 saturated heterocycles. The van der Waals surface area contributed by atoms with Crippen molar-refractivity contribution in [1.29, 1.82) is 0 Å².